The largest absolute Gasteiger partial charge is 0.389 e. The van der Waals surface area contributed by atoms with E-state index in [0.29, 0.717) is 43.8 Å². The van der Waals surface area contributed by atoms with Crippen LogP contribution in [-0.2, 0) is 14.8 Å². The van der Waals surface area contributed by atoms with Gasteiger partial charge in [0.2, 0.25) is 10.0 Å². The molecule has 1 aliphatic heterocycles. The quantitative estimate of drug-likeness (QED) is 0.630. The Kier molecular flexibility index (Phi) is 5.97. The van der Waals surface area contributed by atoms with E-state index in [0.717, 1.165) is 0 Å². The first kappa shape index (κ1) is 21.0. The molecule has 0 aliphatic carbocycles. The summed E-state index contributed by atoms with van der Waals surface area (Å²) in [4.78, 5) is 18.7. The van der Waals surface area contributed by atoms with Crippen molar-refractivity contribution in [1.82, 2.24) is 19.2 Å². The molecule has 0 amide bonds. The van der Waals surface area contributed by atoms with Gasteiger partial charge in [0.25, 0.3) is 0 Å². The van der Waals surface area contributed by atoms with Crippen LogP contribution in [0.5, 0.6) is 0 Å². The zero-order valence-electron chi connectivity index (χ0n) is 16.4. The lowest BCUT2D eigenvalue weighted by molar-refractivity contribution is -0.0575. The maximum atomic E-state index is 12.9. The zero-order valence-corrected chi connectivity index (χ0v) is 17.3. The predicted octanol–water partition coefficient (Wildman–Crippen LogP) is 0.339. The standard InChI is InChI=1S/C18H28N4O5S/c1-18(2,3)27-12-13(23)11-21-6-8-22(9-7-21)28(25,26)14-4-5-15-16(10-14)20-17(24)19-15/h4-5,10,13,23H,6-9,11-12H2,1-3H3,(H2,19,20,24). The summed E-state index contributed by atoms with van der Waals surface area (Å²) in [7, 11) is -3.64. The maximum Gasteiger partial charge on any atom is 0.323 e. The summed E-state index contributed by atoms with van der Waals surface area (Å²) in [5.41, 5.74) is 0.359. The number of nitrogens with one attached hydrogen (secondary N) is 2. The monoisotopic (exact) mass is 412 g/mol. The SMILES string of the molecule is CC(C)(C)OCC(O)CN1CCN(S(=O)(=O)c2ccc3[nH]c(=O)[nH]c3c2)CC1. The number of nitrogens with zero attached hydrogens (tertiary/aromatic N) is 2. The van der Waals surface area contributed by atoms with Gasteiger partial charge in [-0.3, -0.25) is 4.90 Å². The van der Waals surface area contributed by atoms with E-state index in [1.165, 1.54) is 16.4 Å². The Bertz CT molecular complexity index is 968. The van der Waals surface area contributed by atoms with Crippen LogP contribution in [-0.4, -0.2) is 83.7 Å². The van der Waals surface area contributed by atoms with Crippen molar-refractivity contribution in [3.8, 4) is 0 Å². The lowest BCUT2D eigenvalue weighted by Gasteiger charge is -2.35. The van der Waals surface area contributed by atoms with Crippen molar-refractivity contribution >= 4 is 21.1 Å². The Morgan fingerprint density at radius 3 is 2.43 bits per heavy atom. The van der Waals surface area contributed by atoms with Crippen LogP contribution in [0, 0.1) is 0 Å². The minimum Gasteiger partial charge on any atom is -0.389 e. The number of hydrogen-bond donors (Lipinski definition) is 3. The molecule has 2 aromatic rings. The number of aromatic nitrogens is 2. The van der Waals surface area contributed by atoms with Crippen LogP contribution in [0.25, 0.3) is 11.0 Å². The minimum absolute atomic E-state index is 0.155. The van der Waals surface area contributed by atoms with Gasteiger partial charge in [-0.2, -0.15) is 4.31 Å². The number of ether oxygens (including phenoxy) is 1. The highest BCUT2D eigenvalue weighted by molar-refractivity contribution is 7.89. The molecule has 0 bridgehead atoms. The summed E-state index contributed by atoms with van der Waals surface area (Å²) in [6, 6.07) is 4.56. The third-order valence-electron chi connectivity index (χ3n) is 4.63. The molecule has 1 fully saturated rings. The lowest BCUT2D eigenvalue weighted by Crippen LogP contribution is -2.50. The summed E-state index contributed by atoms with van der Waals surface area (Å²) >= 11 is 0. The highest BCUT2D eigenvalue weighted by Crippen LogP contribution is 2.20. The van der Waals surface area contributed by atoms with Gasteiger partial charge in [0.15, 0.2) is 0 Å². The van der Waals surface area contributed by atoms with Gasteiger partial charge >= 0.3 is 5.69 Å². The van der Waals surface area contributed by atoms with Gasteiger partial charge < -0.3 is 19.8 Å². The number of piperazine rings is 1. The molecule has 9 nitrogen and oxygen atoms in total. The number of aliphatic hydroxyl groups is 1. The van der Waals surface area contributed by atoms with Gasteiger partial charge in [-0.15, -0.1) is 0 Å². The number of imidazole rings is 1. The number of aromatic amines is 2. The molecule has 1 aliphatic rings. The predicted molar refractivity (Wildman–Crippen MR) is 106 cm³/mol. The average Bonchev–Trinajstić information content (AvgIpc) is 2.99. The second kappa shape index (κ2) is 7.96. The molecular formula is C18H28N4O5S. The van der Waals surface area contributed by atoms with Gasteiger partial charge in [0.1, 0.15) is 0 Å². The summed E-state index contributed by atoms with van der Waals surface area (Å²) < 4.78 is 32.9. The normalized spacial score (nSPS) is 18.6. The Morgan fingerprint density at radius 2 is 1.79 bits per heavy atom. The van der Waals surface area contributed by atoms with Crippen molar-refractivity contribution in [3.05, 3.63) is 28.7 Å². The molecule has 156 valence electrons. The average molecular weight is 413 g/mol. The molecule has 28 heavy (non-hydrogen) atoms. The molecule has 1 unspecified atom stereocenters. The lowest BCUT2D eigenvalue weighted by atomic mass is 10.2. The Morgan fingerprint density at radius 1 is 1.14 bits per heavy atom. The first-order valence-corrected chi connectivity index (χ1v) is 10.8. The Balaban J connectivity index is 1.59. The van der Waals surface area contributed by atoms with Gasteiger partial charge in [0.05, 0.1) is 34.2 Å². The first-order valence-electron chi connectivity index (χ1n) is 9.31. The van der Waals surface area contributed by atoms with Crippen LogP contribution >= 0.6 is 0 Å². The van der Waals surface area contributed by atoms with E-state index in [2.05, 4.69) is 9.97 Å². The maximum absolute atomic E-state index is 12.9. The number of fused-ring (bicyclic) bond motifs is 1. The second-order valence-electron chi connectivity index (χ2n) is 8.07. The van der Waals surface area contributed by atoms with E-state index in [-0.39, 0.29) is 22.8 Å². The number of hydrogen-bond acceptors (Lipinski definition) is 6. The van der Waals surface area contributed by atoms with Crippen molar-refractivity contribution in [1.29, 1.82) is 0 Å². The second-order valence-corrected chi connectivity index (χ2v) is 10.0. The third kappa shape index (κ3) is 5.00. The van der Waals surface area contributed by atoms with Gasteiger partial charge in [-0.05, 0) is 39.0 Å². The number of rotatable bonds is 6. The van der Waals surface area contributed by atoms with Crippen LogP contribution in [0.4, 0.5) is 0 Å². The topological polar surface area (TPSA) is 119 Å². The highest BCUT2D eigenvalue weighted by atomic mass is 32.2. The van der Waals surface area contributed by atoms with Crippen molar-refractivity contribution in [2.45, 2.75) is 37.4 Å². The third-order valence-corrected chi connectivity index (χ3v) is 6.53. The first-order chi connectivity index (χ1) is 13.0. The van der Waals surface area contributed by atoms with Crippen LogP contribution in [0.3, 0.4) is 0 Å². The van der Waals surface area contributed by atoms with E-state index in [4.69, 9.17) is 4.74 Å². The number of aliphatic hydroxyl groups excluding tert-OH is 1. The summed E-state index contributed by atoms with van der Waals surface area (Å²) in [6.45, 7) is 8.26. The van der Waals surface area contributed by atoms with Gasteiger partial charge in [0, 0.05) is 32.7 Å². The van der Waals surface area contributed by atoms with Crippen molar-refractivity contribution in [2.24, 2.45) is 0 Å². The summed E-state index contributed by atoms with van der Waals surface area (Å²) in [6.07, 6.45) is -0.616. The molecule has 0 saturated carbocycles. The van der Waals surface area contributed by atoms with Crippen LogP contribution in [0.2, 0.25) is 0 Å². The molecule has 0 radical (unpaired) electrons. The number of benzene rings is 1. The van der Waals surface area contributed by atoms with Crippen LogP contribution < -0.4 is 5.69 Å². The van der Waals surface area contributed by atoms with Crippen molar-refractivity contribution in [3.63, 3.8) is 0 Å². The fourth-order valence-electron chi connectivity index (χ4n) is 3.17. The Labute approximate surface area is 164 Å². The van der Waals surface area contributed by atoms with E-state index >= 15 is 0 Å². The summed E-state index contributed by atoms with van der Waals surface area (Å²) in [5.74, 6) is 0. The molecule has 10 heteroatoms. The molecule has 1 aromatic carbocycles. The minimum atomic E-state index is -3.64. The number of sulfonamides is 1. The van der Waals surface area contributed by atoms with E-state index < -0.39 is 16.1 Å². The van der Waals surface area contributed by atoms with E-state index in [1.807, 2.05) is 25.7 Å². The molecule has 1 aromatic heterocycles. The fourth-order valence-corrected chi connectivity index (χ4v) is 4.62. The molecule has 2 heterocycles. The van der Waals surface area contributed by atoms with E-state index in [9.17, 15) is 18.3 Å². The highest BCUT2D eigenvalue weighted by Gasteiger charge is 2.29. The molecule has 3 rings (SSSR count). The smallest absolute Gasteiger partial charge is 0.323 e. The molecule has 1 atom stereocenters. The van der Waals surface area contributed by atoms with Gasteiger partial charge in [-0.1, -0.05) is 0 Å². The summed E-state index contributed by atoms with van der Waals surface area (Å²) in [5, 5.41) is 10.1. The van der Waals surface area contributed by atoms with Crippen LogP contribution in [0.1, 0.15) is 20.8 Å². The molecule has 3 N–H and O–H groups in total. The molecule has 1 saturated heterocycles. The zero-order chi connectivity index (χ0) is 20.5. The fraction of sp³-hybridized carbons (Fsp3) is 0.611. The van der Waals surface area contributed by atoms with Crippen molar-refractivity contribution < 1.29 is 18.3 Å². The van der Waals surface area contributed by atoms with Crippen molar-refractivity contribution in [2.75, 3.05) is 39.3 Å². The van der Waals surface area contributed by atoms with E-state index in [1.54, 1.807) is 6.07 Å². The molecule has 0 spiro atoms. The number of H-pyrrole nitrogens is 2. The van der Waals surface area contributed by atoms with Crippen LogP contribution in [0.15, 0.2) is 27.9 Å². The van der Waals surface area contributed by atoms with Gasteiger partial charge in [-0.25, -0.2) is 13.2 Å². The Hall–Kier alpha value is -1.72. The number of β-amino-alcohol motifs (C(OH)–C–C–N with tert-alkyl or cyclic N) is 1. The molecular weight excluding hydrogens is 384 g/mol.